The van der Waals surface area contributed by atoms with Gasteiger partial charge in [0.25, 0.3) is 0 Å². The first-order valence-corrected chi connectivity index (χ1v) is 6.35. The molecule has 2 aromatic rings. The molecule has 0 unspecified atom stereocenters. The van der Waals surface area contributed by atoms with Crippen LogP contribution in [0.25, 0.3) is 0 Å². The standard InChI is InChI=1S/C14H15N3O5/c1-20-12-5-3-10(7-13(12)21-2)8-15-16-9-11-4-6-14(22-11)17(18)19/h3-7,9,15H,8H2,1-2H3/b16-9+. The van der Waals surface area contributed by atoms with Crippen LogP contribution in [0.15, 0.2) is 39.9 Å². The Labute approximate surface area is 126 Å². The zero-order valence-corrected chi connectivity index (χ0v) is 12.1. The van der Waals surface area contributed by atoms with E-state index in [2.05, 4.69) is 10.5 Å². The SMILES string of the molecule is COc1ccc(CN/N=C/c2ccc([N+](=O)[O-])o2)cc1OC. The molecule has 0 radical (unpaired) electrons. The van der Waals surface area contributed by atoms with Gasteiger partial charge in [-0.15, -0.1) is 0 Å². The van der Waals surface area contributed by atoms with Crippen molar-refractivity contribution in [2.45, 2.75) is 6.54 Å². The molecule has 1 N–H and O–H groups in total. The molecule has 0 amide bonds. The number of nitrogens with one attached hydrogen (secondary N) is 1. The fraction of sp³-hybridized carbons (Fsp3) is 0.214. The lowest BCUT2D eigenvalue weighted by Crippen LogP contribution is -2.05. The fourth-order valence-corrected chi connectivity index (χ4v) is 1.75. The van der Waals surface area contributed by atoms with E-state index in [4.69, 9.17) is 13.9 Å². The van der Waals surface area contributed by atoms with Crippen LogP contribution in [-0.4, -0.2) is 25.4 Å². The third kappa shape index (κ3) is 3.75. The number of furan rings is 1. The number of hydrogen-bond donors (Lipinski definition) is 1. The molecule has 8 heteroatoms. The van der Waals surface area contributed by atoms with Gasteiger partial charge in [-0.1, -0.05) is 6.07 Å². The summed E-state index contributed by atoms with van der Waals surface area (Å²) in [5.41, 5.74) is 3.77. The molecule has 0 bridgehead atoms. The molecular formula is C14H15N3O5. The molecule has 8 nitrogen and oxygen atoms in total. The molecule has 22 heavy (non-hydrogen) atoms. The fourth-order valence-electron chi connectivity index (χ4n) is 1.75. The third-order valence-electron chi connectivity index (χ3n) is 2.81. The first kappa shape index (κ1) is 15.4. The summed E-state index contributed by atoms with van der Waals surface area (Å²) in [6.45, 7) is 0.458. The maximum atomic E-state index is 10.5. The van der Waals surface area contributed by atoms with Crippen LogP contribution in [0.3, 0.4) is 0 Å². The van der Waals surface area contributed by atoms with Crippen molar-refractivity contribution in [2.75, 3.05) is 14.2 Å². The summed E-state index contributed by atoms with van der Waals surface area (Å²) in [5.74, 6) is 1.26. The van der Waals surface area contributed by atoms with Crippen molar-refractivity contribution in [2.24, 2.45) is 5.10 Å². The second-order valence-corrected chi connectivity index (χ2v) is 4.22. The van der Waals surface area contributed by atoms with Gasteiger partial charge in [0.2, 0.25) is 0 Å². The Kier molecular flexibility index (Phi) is 4.97. The Morgan fingerprint density at radius 1 is 1.27 bits per heavy atom. The highest BCUT2D eigenvalue weighted by molar-refractivity contribution is 5.75. The number of nitrogens with zero attached hydrogens (tertiary/aromatic N) is 2. The minimum absolute atomic E-state index is 0.298. The van der Waals surface area contributed by atoms with Gasteiger partial charge in [-0.3, -0.25) is 10.1 Å². The lowest BCUT2D eigenvalue weighted by Gasteiger charge is -2.09. The molecule has 1 aromatic heterocycles. The van der Waals surface area contributed by atoms with E-state index < -0.39 is 4.92 Å². The molecule has 0 aliphatic carbocycles. The van der Waals surface area contributed by atoms with Crippen molar-refractivity contribution < 1.29 is 18.8 Å². The number of nitro groups is 1. The number of hydrazone groups is 1. The van der Waals surface area contributed by atoms with Gasteiger partial charge in [0.1, 0.15) is 4.92 Å². The predicted molar refractivity (Wildman–Crippen MR) is 79.3 cm³/mol. The lowest BCUT2D eigenvalue weighted by molar-refractivity contribution is -0.402. The second-order valence-electron chi connectivity index (χ2n) is 4.22. The number of benzene rings is 1. The average Bonchev–Trinajstić information content (AvgIpc) is 3.00. The molecule has 0 fully saturated rings. The summed E-state index contributed by atoms with van der Waals surface area (Å²) in [7, 11) is 3.14. The summed E-state index contributed by atoms with van der Waals surface area (Å²) < 4.78 is 15.3. The first-order chi connectivity index (χ1) is 10.6. The van der Waals surface area contributed by atoms with Crippen LogP contribution in [0.2, 0.25) is 0 Å². The number of hydrogen-bond acceptors (Lipinski definition) is 7. The van der Waals surface area contributed by atoms with E-state index >= 15 is 0 Å². The molecule has 0 atom stereocenters. The summed E-state index contributed by atoms with van der Waals surface area (Å²) in [6.07, 6.45) is 1.37. The Morgan fingerprint density at radius 2 is 2.05 bits per heavy atom. The highest BCUT2D eigenvalue weighted by Gasteiger charge is 2.10. The highest BCUT2D eigenvalue weighted by atomic mass is 16.6. The van der Waals surface area contributed by atoms with Crippen LogP contribution in [-0.2, 0) is 6.54 Å². The maximum absolute atomic E-state index is 10.5. The monoisotopic (exact) mass is 305 g/mol. The average molecular weight is 305 g/mol. The summed E-state index contributed by atoms with van der Waals surface area (Å²) in [5, 5.41) is 14.4. The maximum Gasteiger partial charge on any atom is 0.433 e. The summed E-state index contributed by atoms with van der Waals surface area (Å²) in [4.78, 5) is 9.87. The zero-order valence-electron chi connectivity index (χ0n) is 12.1. The van der Waals surface area contributed by atoms with Crippen LogP contribution in [0, 0.1) is 10.1 Å². The largest absolute Gasteiger partial charge is 0.493 e. The summed E-state index contributed by atoms with van der Waals surface area (Å²) in [6, 6.07) is 8.26. The molecule has 1 aromatic carbocycles. The van der Waals surface area contributed by atoms with Crippen LogP contribution in [0.5, 0.6) is 11.5 Å². The lowest BCUT2D eigenvalue weighted by atomic mass is 10.2. The van der Waals surface area contributed by atoms with Gasteiger partial charge in [0, 0.05) is 0 Å². The van der Waals surface area contributed by atoms with E-state index in [1.54, 1.807) is 20.3 Å². The van der Waals surface area contributed by atoms with Crippen molar-refractivity contribution in [3.05, 3.63) is 51.8 Å². The van der Waals surface area contributed by atoms with E-state index in [0.717, 1.165) is 5.56 Å². The van der Waals surface area contributed by atoms with Crippen molar-refractivity contribution in [1.29, 1.82) is 0 Å². The minimum Gasteiger partial charge on any atom is -0.493 e. The Morgan fingerprint density at radius 3 is 2.68 bits per heavy atom. The zero-order chi connectivity index (χ0) is 15.9. The molecule has 116 valence electrons. The van der Waals surface area contributed by atoms with Gasteiger partial charge in [0.05, 0.1) is 33.0 Å². The van der Waals surface area contributed by atoms with Crippen LogP contribution in [0.4, 0.5) is 5.88 Å². The van der Waals surface area contributed by atoms with Gasteiger partial charge < -0.3 is 19.3 Å². The quantitative estimate of drug-likeness (QED) is 0.479. The van der Waals surface area contributed by atoms with Crippen molar-refractivity contribution in [1.82, 2.24) is 5.43 Å². The Balaban J connectivity index is 1.92. The Bertz CT molecular complexity index is 681. The second kappa shape index (κ2) is 7.11. The molecule has 0 aliphatic rings. The minimum atomic E-state index is -0.603. The van der Waals surface area contributed by atoms with Crippen molar-refractivity contribution in [3.63, 3.8) is 0 Å². The number of rotatable bonds is 7. The van der Waals surface area contributed by atoms with Crippen LogP contribution >= 0.6 is 0 Å². The van der Waals surface area contributed by atoms with E-state index in [0.29, 0.717) is 23.8 Å². The number of ether oxygens (including phenoxy) is 2. The molecule has 1 heterocycles. The van der Waals surface area contributed by atoms with Crippen LogP contribution < -0.4 is 14.9 Å². The molecule has 0 aliphatic heterocycles. The van der Waals surface area contributed by atoms with E-state index in [1.807, 2.05) is 12.1 Å². The Hall–Kier alpha value is -3.03. The van der Waals surface area contributed by atoms with Gasteiger partial charge in [-0.05, 0) is 23.8 Å². The van der Waals surface area contributed by atoms with Gasteiger partial charge >= 0.3 is 5.88 Å². The topological polar surface area (TPSA) is 99.1 Å². The van der Waals surface area contributed by atoms with Crippen LogP contribution in [0.1, 0.15) is 11.3 Å². The molecule has 2 rings (SSSR count). The van der Waals surface area contributed by atoms with Crippen molar-refractivity contribution in [3.8, 4) is 11.5 Å². The van der Waals surface area contributed by atoms with Gasteiger partial charge in [-0.2, -0.15) is 5.10 Å². The van der Waals surface area contributed by atoms with Crippen molar-refractivity contribution >= 4 is 12.1 Å². The van der Waals surface area contributed by atoms with E-state index in [-0.39, 0.29) is 5.88 Å². The van der Waals surface area contributed by atoms with E-state index in [1.165, 1.54) is 18.3 Å². The summed E-state index contributed by atoms with van der Waals surface area (Å²) >= 11 is 0. The smallest absolute Gasteiger partial charge is 0.433 e. The third-order valence-corrected chi connectivity index (χ3v) is 2.81. The molecule has 0 saturated heterocycles. The highest BCUT2D eigenvalue weighted by Crippen LogP contribution is 2.27. The first-order valence-electron chi connectivity index (χ1n) is 6.35. The van der Waals surface area contributed by atoms with E-state index in [9.17, 15) is 10.1 Å². The predicted octanol–water partition coefficient (Wildman–Crippen LogP) is 2.33. The van der Waals surface area contributed by atoms with Gasteiger partial charge in [-0.25, -0.2) is 0 Å². The molecule has 0 saturated carbocycles. The van der Waals surface area contributed by atoms with Gasteiger partial charge in [0.15, 0.2) is 17.3 Å². The number of methoxy groups -OCH3 is 2. The molecular weight excluding hydrogens is 290 g/mol. The molecule has 0 spiro atoms. The normalized spacial score (nSPS) is 10.6.